The smallest absolute Gasteiger partial charge is 0.416 e. The van der Waals surface area contributed by atoms with E-state index >= 15 is 0 Å². The predicted molar refractivity (Wildman–Crippen MR) is 47.9 cm³/mol. The van der Waals surface area contributed by atoms with Gasteiger partial charge in [0.2, 0.25) is 0 Å². The number of carbonyl (C=O) groups is 2. The van der Waals surface area contributed by atoms with Gasteiger partial charge in [-0.1, -0.05) is 0 Å². The quantitative estimate of drug-likeness (QED) is 0.410. The molecule has 16 heavy (non-hydrogen) atoms. The minimum Gasteiger partial charge on any atom is -0.481 e. The molecule has 9 heteroatoms. The molecular weight excluding hydrogens is 224 g/mol. The monoisotopic (exact) mass is 234 g/mol. The summed E-state index contributed by atoms with van der Waals surface area (Å²) in [6.45, 7) is 0. The average molecular weight is 234 g/mol. The summed E-state index contributed by atoms with van der Waals surface area (Å²) in [7, 11) is 0. The first-order valence-corrected chi connectivity index (χ1v) is 3.93. The van der Waals surface area contributed by atoms with Crippen molar-refractivity contribution in [3.05, 3.63) is 23.0 Å². The fourth-order valence-corrected chi connectivity index (χ4v) is 0.595. The van der Waals surface area contributed by atoms with Crippen molar-refractivity contribution in [1.29, 1.82) is 0 Å². The van der Waals surface area contributed by atoms with Crippen molar-refractivity contribution >= 4 is 11.9 Å². The Kier molecular flexibility index (Phi) is 6.24. The van der Waals surface area contributed by atoms with Gasteiger partial charge in [-0.3, -0.25) is 14.6 Å². The standard InChI is InChI=1S/C4H7NO5.C3H3NO2/c6-3(7)1-2(5-10)4(8)9;5-3-4-1-2-6-3/h2,5,10H,1H2,(H,6,7)(H,8,9);1-2H,(H,4,5)/t2-;/m0./s1. The lowest BCUT2D eigenvalue weighted by molar-refractivity contribution is -0.148. The van der Waals surface area contributed by atoms with E-state index in [4.69, 9.17) is 15.4 Å². The van der Waals surface area contributed by atoms with Gasteiger partial charge in [-0.25, -0.2) is 4.79 Å². The molecule has 0 spiro atoms. The number of aliphatic carboxylic acids is 2. The molecule has 0 saturated carbocycles. The van der Waals surface area contributed by atoms with E-state index < -0.39 is 30.2 Å². The van der Waals surface area contributed by atoms with Crippen LogP contribution in [0.15, 0.2) is 21.7 Å². The number of aromatic amines is 1. The number of carboxylic acids is 2. The zero-order valence-corrected chi connectivity index (χ0v) is 7.91. The Balaban J connectivity index is 0.000000315. The molecule has 1 aromatic rings. The number of hydrogen-bond donors (Lipinski definition) is 5. The molecule has 1 heterocycles. The Morgan fingerprint density at radius 2 is 2.12 bits per heavy atom. The van der Waals surface area contributed by atoms with Crippen molar-refractivity contribution in [2.45, 2.75) is 12.5 Å². The molecule has 0 saturated heterocycles. The lowest BCUT2D eigenvalue weighted by atomic mass is 10.2. The van der Waals surface area contributed by atoms with Crippen LogP contribution < -0.4 is 11.2 Å². The van der Waals surface area contributed by atoms with E-state index in [1.165, 1.54) is 17.9 Å². The second kappa shape index (κ2) is 7.20. The highest BCUT2D eigenvalue weighted by Crippen LogP contribution is 1.89. The number of oxazole rings is 1. The summed E-state index contributed by atoms with van der Waals surface area (Å²) in [5, 5.41) is 24.2. The molecule has 0 unspecified atom stereocenters. The third kappa shape index (κ3) is 6.34. The summed E-state index contributed by atoms with van der Waals surface area (Å²) in [4.78, 5) is 32.0. The summed E-state index contributed by atoms with van der Waals surface area (Å²) in [5.41, 5.74) is 1.35. The molecule has 0 aliphatic carbocycles. The van der Waals surface area contributed by atoms with Crippen LogP contribution in [-0.2, 0) is 9.59 Å². The fourth-order valence-electron chi connectivity index (χ4n) is 0.595. The Morgan fingerprint density at radius 3 is 2.25 bits per heavy atom. The molecule has 5 N–H and O–H groups in total. The van der Waals surface area contributed by atoms with Gasteiger partial charge in [0.15, 0.2) is 0 Å². The van der Waals surface area contributed by atoms with Crippen LogP contribution in [0, 0.1) is 0 Å². The molecule has 90 valence electrons. The first kappa shape index (κ1) is 13.9. The van der Waals surface area contributed by atoms with Crippen LogP contribution >= 0.6 is 0 Å². The summed E-state index contributed by atoms with van der Waals surface area (Å²) < 4.78 is 4.22. The highest BCUT2D eigenvalue weighted by Gasteiger charge is 2.18. The highest BCUT2D eigenvalue weighted by atomic mass is 16.5. The maximum absolute atomic E-state index is 9.98. The van der Waals surface area contributed by atoms with E-state index in [-0.39, 0.29) is 0 Å². The van der Waals surface area contributed by atoms with Crippen molar-refractivity contribution in [3.8, 4) is 0 Å². The SMILES string of the molecule is O=C(O)C[C@H](NO)C(=O)O.O=c1[nH]cco1. The molecule has 0 radical (unpaired) electrons. The van der Waals surface area contributed by atoms with Gasteiger partial charge in [0, 0.05) is 6.20 Å². The van der Waals surface area contributed by atoms with E-state index in [0.717, 1.165) is 0 Å². The molecule has 0 aliphatic rings. The minimum absolute atomic E-state index is 0.407. The Labute approximate surface area is 88.3 Å². The van der Waals surface area contributed by atoms with Crippen LogP contribution in [-0.4, -0.2) is 38.4 Å². The van der Waals surface area contributed by atoms with Crippen LogP contribution in [0.4, 0.5) is 0 Å². The topological polar surface area (TPSA) is 153 Å². The number of H-pyrrole nitrogens is 1. The van der Waals surface area contributed by atoms with Gasteiger partial charge in [-0.2, -0.15) is 5.48 Å². The number of nitrogens with one attached hydrogen (secondary N) is 2. The molecular formula is C7H10N2O7. The molecule has 0 bridgehead atoms. The fraction of sp³-hybridized carbons (Fsp3) is 0.286. The normalized spacial score (nSPS) is 11.1. The highest BCUT2D eigenvalue weighted by molar-refractivity contribution is 5.80. The zero-order chi connectivity index (χ0) is 12.6. The van der Waals surface area contributed by atoms with Crippen LogP contribution in [0.2, 0.25) is 0 Å². The first-order chi connectivity index (χ1) is 7.47. The van der Waals surface area contributed by atoms with Crippen LogP contribution in [0.5, 0.6) is 0 Å². The molecule has 0 fully saturated rings. The van der Waals surface area contributed by atoms with Crippen molar-refractivity contribution < 1.29 is 29.4 Å². The average Bonchev–Trinajstić information content (AvgIpc) is 2.65. The maximum Gasteiger partial charge on any atom is 0.416 e. The van der Waals surface area contributed by atoms with Crippen molar-refractivity contribution in [3.63, 3.8) is 0 Å². The number of rotatable bonds is 4. The maximum atomic E-state index is 9.98. The van der Waals surface area contributed by atoms with Gasteiger partial charge in [-0.05, 0) is 0 Å². The van der Waals surface area contributed by atoms with Gasteiger partial charge < -0.3 is 19.8 Å². The molecule has 0 amide bonds. The lowest BCUT2D eigenvalue weighted by Crippen LogP contribution is -2.36. The van der Waals surface area contributed by atoms with Gasteiger partial charge in [0.1, 0.15) is 12.3 Å². The summed E-state index contributed by atoms with van der Waals surface area (Å²) in [5.74, 6) is -3.09. The van der Waals surface area contributed by atoms with E-state index in [1.54, 1.807) is 0 Å². The third-order valence-corrected chi connectivity index (χ3v) is 1.28. The largest absolute Gasteiger partial charge is 0.481 e. The Bertz CT molecular complexity index is 365. The second-order valence-corrected chi connectivity index (χ2v) is 2.47. The summed E-state index contributed by atoms with van der Waals surface area (Å²) in [6, 6.07) is -1.43. The van der Waals surface area contributed by atoms with E-state index in [0.29, 0.717) is 0 Å². The molecule has 0 aliphatic heterocycles. The number of hydrogen-bond acceptors (Lipinski definition) is 6. The molecule has 1 aromatic heterocycles. The Morgan fingerprint density at radius 1 is 1.50 bits per heavy atom. The summed E-state index contributed by atoms with van der Waals surface area (Å²) >= 11 is 0. The minimum atomic E-state index is -1.43. The van der Waals surface area contributed by atoms with E-state index in [9.17, 15) is 14.4 Å². The molecule has 0 aromatic carbocycles. The van der Waals surface area contributed by atoms with Crippen molar-refractivity contribution in [2.75, 3.05) is 0 Å². The van der Waals surface area contributed by atoms with Crippen LogP contribution in [0.25, 0.3) is 0 Å². The molecule has 1 rings (SSSR count). The predicted octanol–water partition coefficient (Wildman–Crippen LogP) is -1.14. The van der Waals surface area contributed by atoms with Crippen molar-refractivity contribution in [1.82, 2.24) is 10.5 Å². The zero-order valence-electron chi connectivity index (χ0n) is 7.91. The van der Waals surface area contributed by atoms with Gasteiger partial charge in [0.25, 0.3) is 0 Å². The second-order valence-electron chi connectivity index (χ2n) is 2.47. The molecule has 1 atom stereocenters. The number of hydroxylamine groups is 1. The van der Waals surface area contributed by atoms with Gasteiger partial charge >= 0.3 is 17.7 Å². The van der Waals surface area contributed by atoms with E-state index in [2.05, 4.69) is 9.40 Å². The summed E-state index contributed by atoms with van der Waals surface area (Å²) in [6.07, 6.45) is 2.08. The number of carboxylic acid groups (broad SMARTS) is 2. The van der Waals surface area contributed by atoms with Gasteiger partial charge in [-0.15, -0.1) is 0 Å². The number of aromatic nitrogens is 1. The van der Waals surface area contributed by atoms with Gasteiger partial charge in [0.05, 0.1) is 6.42 Å². The third-order valence-electron chi connectivity index (χ3n) is 1.28. The first-order valence-electron chi connectivity index (χ1n) is 3.93. The van der Waals surface area contributed by atoms with E-state index in [1.807, 2.05) is 0 Å². The lowest BCUT2D eigenvalue weighted by Gasteiger charge is -2.04. The van der Waals surface area contributed by atoms with Crippen LogP contribution in [0.1, 0.15) is 6.42 Å². The Hall–Kier alpha value is -2.13. The van der Waals surface area contributed by atoms with Crippen LogP contribution in [0.3, 0.4) is 0 Å². The van der Waals surface area contributed by atoms with Crippen molar-refractivity contribution in [2.24, 2.45) is 0 Å². The molecule has 9 nitrogen and oxygen atoms in total.